The summed E-state index contributed by atoms with van der Waals surface area (Å²) in [4.78, 5) is 18.7. The van der Waals surface area contributed by atoms with Crippen molar-refractivity contribution in [3.8, 4) is 0 Å². The predicted molar refractivity (Wildman–Crippen MR) is 95.6 cm³/mol. The smallest absolute Gasteiger partial charge is 0.254 e. The lowest BCUT2D eigenvalue weighted by Crippen LogP contribution is -2.56. The van der Waals surface area contributed by atoms with Crippen molar-refractivity contribution in [2.75, 3.05) is 38.7 Å². The van der Waals surface area contributed by atoms with Crippen LogP contribution in [0, 0.1) is 0 Å². The molecule has 25 heavy (non-hydrogen) atoms. The number of amides is 1. The number of nitrogens with zero attached hydrogens (tertiary/aromatic N) is 2. The molecule has 2 N–H and O–H groups in total. The zero-order valence-electron chi connectivity index (χ0n) is 14.3. The van der Waals surface area contributed by atoms with Crippen LogP contribution in [0.4, 0.5) is 5.82 Å². The molecule has 0 aliphatic carbocycles. The van der Waals surface area contributed by atoms with Gasteiger partial charge in [0.1, 0.15) is 11.4 Å². The van der Waals surface area contributed by atoms with E-state index in [-0.39, 0.29) is 12.5 Å². The lowest BCUT2D eigenvalue weighted by Gasteiger charge is -2.42. The highest BCUT2D eigenvalue weighted by molar-refractivity contribution is 5.95. The lowest BCUT2D eigenvalue weighted by molar-refractivity contribution is -0.123. The third kappa shape index (κ3) is 3.97. The van der Waals surface area contributed by atoms with Crippen LogP contribution < -0.4 is 5.32 Å². The number of aromatic nitrogens is 1. The number of hydrogen-bond donors (Lipinski definition) is 2. The first-order valence-corrected chi connectivity index (χ1v) is 8.38. The predicted octanol–water partition coefficient (Wildman–Crippen LogP) is 1.57. The summed E-state index contributed by atoms with van der Waals surface area (Å²) in [7, 11) is 1.77. The van der Waals surface area contributed by atoms with Gasteiger partial charge in [0.15, 0.2) is 0 Å². The van der Waals surface area contributed by atoms with Crippen molar-refractivity contribution in [3.63, 3.8) is 0 Å². The number of aliphatic hydroxyl groups is 1. The Morgan fingerprint density at radius 1 is 1.36 bits per heavy atom. The maximum Gasteiger partial charge on any atom is 0.254 e. The zero-order chi connectivity index (χ0) is 17.7. The van der Waals surface area contributed by atoms with Gasteiger partial charge in [-0.15, -0.1) is 0 Å². The van der Waals surface area contributed by atoms with Crippen molar-refractivity contribution in [1.29, 1.82) is 0 Å². The Morgan fingerprint density at radius 3 is 2.88 bits per heavy atom. The molecule has 0 saturated carbocycles. The number of rotatable bonds is 5. The van der Waals surface area contributed by atoms with Crippen LogP contribution in [0.3, 0.4) is 0 Å². The van der Waals surface area contributed by atoms with E-state index >= 15 is 0 Å². The molecule has 0 unspecified atom stereocenters. The average molecular weight is 341 g/mol. The molecule has 0 spiro atoms. The summed E-state index contributed by atoms with van der Waals surface area (Å²) in [5, 5.41) is 12.9. The van der Waals surface area contributed by atoms with Gasteiger partial charge in [-0.25, -0.2) is 4.98 Å². The molecule has 132 valence electrons. The second-order valence-electron chi connectivity index (χ2n) is 6.26. The van der Waals surface area contributed by atoms with Crippen LogP contribution in [-0.4, -0.2) is 59.8 Å². The first-order valence-electron chi connectivity index (χ1n) is 8.38. The molecular weight excluding hydrogens is 318 g/mol. The van der Waals surface area contributed by atoms with Crippen molar-refractivity contribution in [1.82, 2.24) is 9.88 Å². The number of carbonyl (C=O) groups is 1. The monoisotopic (exact) mass is 341 g/mol. The van der Waals surface area contributed by atoms with Crippen molar-refractivity contribution in [3.05, 3.63) is 59.8 Å². The van der Waals surface area contributed by atoms with Crippen molar-refractivity contribution in [2.24, 2.45) is 0 Å². The highest BCUT2D eigenvalue weighted by Gasteiger charge is 2.38. The van der Waals surface area contributed by atoms with Crippen LogP contribution in [-0.2, 0) is 11.2 Å². The summed E-state index contributed by atoms with van der Waals surface area (Å²) in [6.45, 7) is 1.13. The Labute approximate surface area is 147 Å². The standard InChI is InChI=1S/C19H23N3O3/c1-20-17-11-16(7-8-21-17)18(24)22-9-10-25-19(13-22,14-23)12-15-5-3-2-4-6-15/h2-8,11,23H,9-10,12-14H2,1H3,(H,20,21)/t19-/m0/s1. The molecule has 3 rings (SSSR count). The largest absolute Gasteiger partial charge is 0.393 e. The van der Waals surface area contributed by atoms with Crippen molar-refractivity contribution < 1.29 is 14.6 Å². The van der Waals surface area contributed by atoms with Crippen LogP contribution in [0.1, 0.15) is 15.9 Å². The molecule has 0 bridgehead atoms. The maximum absolute atomic E-state index is 12.9. The summed E-state index contributed by atoms with van der Waals surface area (Å²) in [5.74, 6) is 0.574. The molecule has 1 aliphatic rings. The van der Waals surface area contributed by atoms with E-state index < -0.39 is 5.60 Å². The van der Waals surface area contributed by atoms with Crippen LogP contribution in [0.2, 0.25) is 0 Å². The molecule has 0 radical (unpaired) electrons. The van der Waals surface area contributed by atoms with E-state index in [0.717, 1.165) is 5.56 Å². The second kappa shape index (κ2) is 7.63. The lowest BCUT2D eigenvalue weighted by atomic mass is 9.93. The molecule has 1 aliphatic heterocycles. The second-order valence-corrected chi connectivity index (χ2v) is 6.26. The van der Waals surface area contributed by atoms with E-state index in [2.05, 4.69) is 10.3 Å². The van der Waals surface area contributed by atoms with E-state index in [9.17, 15) is 9.90 Å². The van der Waals surface area contributed by atoms with Crippen LogP contribution in [0.25, 0.3) is 0 Å². The summed E-state index contributed by atoms with van der Waals surface area (Å²) in [6.07, 6.45) is 2.18. The third-order valence-corrected chi connectivity index (χ3v) is 4.46. The van der Waals surface area contributed by atoms with E-state index in [1.807, 2.05) is 30.3 Å². The van der Waals surface area contributed by atoms with Gasteiger partial charge in [-0.05, 0) is 17.7 Å². The number of aliphatic hydroxyl groups excluding tert-OH is 1. The Kier molecular flexibility index (Phi) is 5.31. The van der Waals surface area contributed by atoms with Gasteiger partial charge >= 0.3 is 0 Å². The van der Waals surface area contributed by atoms with Gasteiger partial charge in [0.05, 0.1) is 19.8 Å². The van der Waals surface area contributed by atoms with E-state index in [4.69, 9.17) is 4.74 Å². The number of benzene rings is 1. The minimum absolute atomic E-state index is 0.0758. The third-order valence-electron chi connectivity index (χ3n) is 4.46. The Hall–Kier alpha value is -2.44. The molecule has 6 nitrogen and oxygen atoms in total. The van der Waals surface area contributed by atoms with Gasteiger partial charge in [-0.2, -0.15) is 0 Å². The fourth-order valence-corrected chi connectivity index (χ4v) is 3.13. The molecule has 1 aromatic heterocycles. The van der Waals surface area contributed by atoms with Crippen molar-refractivity contribution in [2.45, 2.75) is 12.0 Å². The van der Waals surface area contributed by atoms with Crippen LogP contribution >= 0.6 is 0 Å². The first-order chi connectivity index (χ1) is 12.2. The van der Waals surface area contributed by atoms with Crippen LogP contribution in [0.5, 0.6) is 0 Å². The van der Waals surface area contributed by atoms with Gasteiger partial charge in [0, 0.05) is 31.8 Å². The molecule has 1 amide bonds. The SMILES string of the molecule is CNc1cc(C(=O)N2CCO[C@@](CO)(Cc3ccccc3)C2)ccn1. The normalized spacial score (nSPS) is 20.3. The van der Waals surface area contributed by atoms with E-state index in [1.54, 1.807) is 30.3 Å². The maximum atomic E-state index is 12.9. The summed E-state index contributed by atoms with van der Waals surface area (Å²) in [6, 6.07) is 13.3. The number of pyridine rings is 1. The van der Waals surface area contributed by atoms with Gasteiger partial charge in [0.25, 0.3) is 5.91 Å². The average Bonchev–Trinajstić information content (AvgIpc) is 2.68. The molecule has 2 heterocycles. The highest BCUT2D eigenvalue weighted by atomic mass is 16.5. The number of hydrogen-bond acceptors (Lipinski definition) is 5. The topological polar surface area (TPSA) is 74.7 Å². The van der Waals surface area contributed by atoms with Gasteiger partial charge in [-0.3, -0.25) is 4.79 Å². The van der Waals surface area contributed by atoms with Gasteiger partial charge < -0.3 is 20.1 Å². The summed E-state index contributed by atoms with van der Waals surface area (Å²) < 4.78 is 5.91. The summed E-state index contributed by atoms with van der Waals surface area (Å²) >= 11 is 0. The fourth-order valence-electron chi connectivity index (χ4n) is 3.13. The number of nitrogens with one attached hydrogen (secondary N) is 1. The highest BCUT2D eigenvalue weighted by Crippen LogP contribution is 2.24. The van der Waals surface area contributed by atoms with Gasteiger partial charge in [-0.1, -0.05) is 30.3 Å². The first kappa shape index (κ1) is 17.4. The number of ether oxygens (including phenoxy) is 1. The number of morpholine rings is 1. The Bertz CT molecular complexity index is 723. The molecule has 1 saturated heterocycles. The van der Waals surface area contributed by atoms with E-state index in [1.165, 1.54) is 0 Å². The summed E-state index contributed by atoms with van der Waals surface area (Å²) in [5.41, 5.74) is 0.883. The number of carbonyl (C=O) groups excluding carboxylic acids is 1. The van der Waals surface area contributed by atoms with Crippen LogP contribution in [0.15, 0.2) is 48.7 Å². The minimum Gasteiger partial charge on any atom is -0.393 e. The molecule has 6 heteroatoms. The molecule has 1 aromatic carbocycles. The van der Waals surface area contributed by atoms with Crippen molar-refractivity contribution >= 4 is 11.7 Å². The van der Waals surface area contributed by atoms with E-state index in [0.29, 0.717) is 37.5 Å². The fraction of sp³-hybridized carbons (Fsp3) is 0.368. The Balaban J connectivity index is 1.77. The minimum atomic E-state index is -0.770. The molecular formula is C19H23N3O3. The molecule has 1 atom stereocenters. The zero-order valence-corrected chi connectivity index (χ0v) is 14.3. The molecule has 1 fully saturated rings. The quantitative estimate of drug-likeness (QED) is 0.863. The number of anilines is 1. The van der Waals surface area contributed by atoms with Gasteiger partial charge in [0.2, 0.25) is 0 Å². The Morgan fingerprint density at radius 2 is 2.16 bits per heavy atom. The molecule has 2 aromatic rings.